The van der Waals surface area contributed by atoms with Crippen LogP contribution in [0.1, 0.15) is 13.3 Å². The minimum atomic E-state index is -0.170. The molecule has 5 nitrogen and oxygen atoms in total. The molecule has 0 spiro atoms. The first-order valence-electron chi connectivity index (χ1n) is 6.59. The van der Waals surface area contributed by atoms with E-state index in [1.54, 1.807) is 31.5 Å². The molecule has 0 radical (unpaired) electrons. The molecule has 0 aliphatic heterocycles. The SMILES string of the molecule is CCCNC(=O)Cn1ccc2cc(OC)ccc2c1=O. The van der Waals surface area contributed by atoms with Crippen molar-refractivity contribution in [1.29, 1.82) is 0 Å². The molecule has 5 heteroatoms. The van der Waals surface area contributed by atoms with Gasteiger partial charge in [-0.3, -0.25) is 9.59 Å². The molecule has 2 rings (SSSR count). The van der Waals surface area contributed by atoms with Crippen LogP contribution in [0.4, 0.5) is 0 Å². The van der Waals surface area contributed by atoms with Gasteiger partial charge in [-0.15, -0.1) is 0 Å². The van der Waals surface area contributed by atoms with Crippen LogP contribution in [0, 0.1) is 0 Å². The second-order valence-electron chi connectivity index (χ2n) is 4.55. The Hall–Kier alpha value is -2.30. The Labute approximate surface area is 117 Å². The molecule has 1 amide bonds. The highest BCUT2D eigenvalue weighted by Crippen LogP contribution is 2.17. The van der Waals surface area contributed by atoms with Crippen LogP contribution in [-0.2, 0) is 11.3 Å². The Morgan fingerprint density at radius 3 is 2.85 bits per heavy atom. The number of carbonyl (C=O) groups excluding carboxylic acids is 1. The van der Waals surface area contributed by atoms with Gasteiger partial charge in [0.1, 0.15) is 12.3 Å². The third-order valence-corrected chi connectivity index (χ3v) is 3.07. The molecule has 0 saturated carbocycles. The zero-order valence-electron chi connectivity index (χ0n) is 11.7. The summed E-state index contributed by atoms with van der Waals surface area (Å²) >= 11 is 0. The average molecular weight is 274 g/mol. The van der Waals surface area contributed by atoms with Crippen molar-refractivity contribution in [3.05, 3.63) is 40.8 Å². The van der Waals surface area contributed by atoms with Crippen molar-refractivity contribution in [2.45, 2.75) is 19.9 Å². The molecular weight excluding hydrogens is 256 g/mol. The summed E-state index contributed by atoms with van der Waals surface area (Å²) in [4.78, 5) is 23.9. The van der Waals surface area contributed by atoms with Crippen LogP contribution in [0.5, 0.6) is 5.75 Å². The molecule has 20 heavy (non-hydrogen) atoms. The number of methoxy groups -OCH3 is 1. The molecule has 0 aliphatic rings. The second-order valence-corrected chi connectivity index (χ2v) is 4.55. The van der Waals surface area contributed by atoms with Gasteiger partial charge < -0.3 is 14.6 Å². The number of ether oxygens (including phenoxy) is 1. The Bertz CT molecular complexity index is 676. The molecule has 1 N–H and O–H groups in total. The number of carbonyl (C=O) groups is 1. The van der Waals surface area contributed by atoms with Gasteiger partial charge in [0.25, 0.3) is 5.56 Å². The standard InChI is InChI=1S/C15H18N2O3/c1-3-7-16-14(18)10-17-8-6-11-9-12(20-2)4-5-13(11)15(17)19/h4-6,8-9H,3,7,10H2,1-2H3,(H,16,18). The highest BCUT2D eigenvalue weighted by Gasteiger charge is 2.07. The number of hydrogen-bond donors (Lipinski definition) is 1. The molecule has 1 aromatic heterocycles. The van der Waals surface area contributed by atoms with Crippen molar-refractivity contribution in [3.63, 3.8) is 0 Å². The summed E-state index contributed by atoms with van der Waals surface area (Å²) in [6, 6.07) is 7.08. The van der Waals surface area contributed by atoms with Crippen LogP contribution >= 0.6 is 0 Å². The van der Waals surface area contributed by atoms with Crippen LogP contribution in [-0.4, -0.2) is 24.1 Å². The molecule has 1 heterocycles. The fraction of sp³-hybridized carbons (Fsp3) is 0.333. The van der Waals surface area contributed by atoms with Crippen molar-refractivity contribution in [3.8, 4) is 5.75 Å². The van der Waals surface area contributed by atoms with E-state index in [0.29, 0.717) is 17.7 Å². The number of pyridine rings is 1. The van der Waals surface area contributed by atoms with E-state index in [0.717, 1.165) is 11.8 Å². The van der Waals surface area contributed by atoms with Crippen LogP contribution in [0.25, 0.3) is 10.8 Å². The minimum Gasteiger partial charge on any atom is -0.497 e. The Morgan fingerprint density at radius 1 is 1.35 bits per heavy atom. The smallest absolute Gasteiger partial charge is 0.258 e. The van der Waals surface area contributed by atoms with Gasteiger partial charge in [-0.25, -0.2) is 0 Å². The topological polar surface area (TPSA) is 60.3 Å². The predicted octanol–water partition coefficient (Wildman–Crippen LogP) is 1.54. The lowest BCUT2D eigenvalue weighted by atomic mass is 10.1. The van der Waals surface area contributed by atoms with Gasteiger partial charge in [-0.1, -0.05) is 6.92 Å². The van der Waals surface area contributed by atoms with Crippen molar-refractivity contribution in [2.24, 2.45) is 0 Å². The van der Waals surface area contributed by atoms with E-state index in [2.05, 4.69) is 5.32 Å². The maximum Gasteiger partial charge on any atom is 0.258 e. The Kier molecular flexibility index (Phi) is 4.40. The van der Waals surface area contributed by atoms with Gasteiger partial charge in [0.2, 0.25) is 5.91 Å². The Balaban J connectivity index is 2.30. The summed E-state index contributed by atoms with van der Waals surface area (Å²) < 4.78 is 6.54. The maximum absolute atomic E-state index is 12.3. The fourth-order valence-electron chi connectivity index (χ4n) is 1.99. The number of amides is 1. The predicted molar refractivity (Wildman–Crippen MR) is 78.1 cm³/mol. The average Bonchev–Trinajstić information content (AvgIpc) is 2.47. The molecular formula is C15H18N2O3. The quantitative estimate of drug-likeness (QED) is 0.899. The maximum atomic E-state index is 12.3. The van der Waals surface area contributed by atoms with Crippen LogP contribution in [0.3, 0.4) is 0 Å². The molecule has 0 aliphatic carbocycles. The molecule has 1 aromatic carbocycles. The van der Waals surface area contributed by atoms with E-state index in [4.69, 9.17) is 4.74 Å². The minimum absolute atomic E-state index is 0.0425. The van der Waals surface area contributed by atoms with E-state index >= 15 is 0 Å². The van der Waals surface area contributed by atoms with Crippen LogP contribution in [0.2, 0.25) is 0 Å². The van der Waals surface area contributed by atoms with Gasteiger partial charge in [0, 0.05) is 18.1 Å². The number of benzene rings is 1. The van der Waals surface area contributed by atoms with Crippen LogP contribution in [0.15, 0.2) is 35.3 Å². The summed E-state index contributed by atoms with van der Waals surface area (Å²) in [5.41, 5.74) is -0.170. The largest absolute Gasteiger partial charge is 0.497 e. The summed E-state index contributed by atoms with van der Waals surface area (Å²) in [6.45, 7) is 2.65. The fourth-order valence-corrected chi connectivity index (χ4v) is 1.99. The molecule has 0 bridgehead atoms. The number of hydrogen-bond acceptors (Lipinski definition) is 3. The molecule has 0 atom stereocenters. The molecule has 0 unspecified atom stereocenters. The van der Waals surface area contributed by atoms with Gasteiger partial charge >= 0.3 is 0 Å². The summed E-state index contributed by atoms with van der Waals surface area (Å²) in [7, 11) is 1.58. The normalized spacial score (nSPS) is 10.5. The first-order chi connectivity index (χ1) is 9.65. The number of aromatic nitrogens is 1. The molecule has 106 valence electrons. The van der Waals surface area contributed by atoms with E-state index in [1.165, 1.54) is 4.57 Å². The zero-order valence-corrected chi connectivity index (χ0v) is 11.7. The lowest BCUT2D eigenvalue weighted by Gasteiger charge is -2.08. The summed E-state index contributed by atoms with van der Waals surface area (Å²) in [5.74, 6) is 0.553. The summed E-state index contributed by atoms with van der Waals surface area (Å²) in [5, 5.41) is 4.14. The lowest BCUT2D eigenvalue weighted by molar-refractivity contribution is -0.121. The first kappa shape index (κ1) is 14.1. The third kappa shape index (κ3) is 2.99. The number of nitrogens with one attached hydrogen (secondary N) is 1. The van der Waals surface area contributed by atoms with Crippen LogP contribution < -0.4 is 15.6 Å². The van der Waals surface area contributed by atoms with E-state index in [-0.39, 0.29) is 18.0 Å². The van der Waals surface area contributed by atoms with E-state index in [9.17, 15) is 9.59 Å². The number of nitrogens with zero attached hydrogens (tertiary/aromatic N) is 1. The first-order valence-corrected chi connectivity index (χ1v) is 6.59. The zero-order chi connectivity index (χ0) is 14.5. The van der Waals surface area contributed by atoms with Crippen molar-refractivity contribution >= 4 is 16.7 Å². The third-order valence-electron chi connectivity index (χ3n) is 3.07. The van der Waals surface area contributed by atoms with E-state index in [1.807, 2.05) is 13.0 Å². The van der Waals surface area contributed by atoms with E-state index < -0.39 is 0 Å². The van der Waals surface area contributed by atoms with Crippen molar-refractivity contribution in [2.75, 3.05) is 13.7 Å². The molecule has 0 fully saturated rings. The van der Waals surface area contributed by atoms with Gasteiger partial charge in [0.15, 0.2) is 0 Å². The number of rotatable bonds is 5. The van der Waals surface area contributed by atoms with Gasteiger partial charge in [-0.2, -0.15) is 0 Å². The highest BCUT2D eigenvalue weighted by molar-refractivity contribution is 5.83. The second kappa shape index (κ2) is 6.23. The number of fused-ring (bicyclic) bond motifs is 1. The van der Waals surface area contributed by atoms with Gasteiger partial charge in [-0.05, 0) is 36.1 Å². The van der Waals surface area contributed by atoms with Gasteiger partial charge in [0.05, 0.1) is 7.11 Å². The lowest BCUT2D eigenvalue weighted by Crippen LogP contribution is -2.32. The Morgan fingerprint density at radius 2 is 2.15 bits per heavy atom. The highest BCUT2D eigenvalue weighted by atomic mass is 16.5. The molecule has 2 aromatic rings. The molecule has 0 saturated heterocycles. The van der Waals surface area contributed by atoms with Crippen molar-refractivity contribution in [1.82, 2.24) is 9.88 Å². The monoisotopic (exact) mass is 274 g/mol. The summed E-state index contributed by atoms with van der Waals surface area (Å²) in [6.07, 6.45) is 2.51. The van der Waals surface area contributed by atoms with Crippen molar-refractivity contribution < 1.29 is 9.53 Å².